The highest BCUT2D eigenvalue weighted by atomic mass is 19.2. The molecule has 0 N–H and O–H groups in total. The molecule has 0 amide bonds. The van der Waals surface area contributed by atoms with Gasteiger partial charge >= 0.3 is 0 Å². The van der Waals surface area contributed by atoms with Crippen molar-refractivity contribution in [1.82, 2.24) is 0 Å². The van der Waals surface area contributed by atoms with Gasteiger partial charge in [-0.15, -0.1) is 0 Å². The molecule has 9 heteroatoms. The first-order chi connectivity index (χ1) is 14.2. The number of rotatable bonds is 5. The van der Waals surface area contributed by atoms with Crippen molar-refractivity contribution in [3.8, 4) is 0 Å². The molecule has 0 spiro atoms. The number of allylic oxidation sites excluding steroid dienone is 1. The van der Waals surface area contributed by atoms with Gasteiger partial charge in [-0.3, -0.25) is 0 Å². The van der Waals surface area contributed by atoms with E-state index in [0.717, 1.165) is 0 Å². The van der Waals surface area contributed by atoms with E-state index in [2.05, 4.69) is 0 Å². The van der Waals surface area contributed by atoms with E-state index in [0.29, 0.717) is 30.7 Å². The minimum absolute atomic E-state index is 0.139. The Balaban J connectivity index is 1.78. The van der Waals surface area contributed by atoms with Gasteiger partial charge in [0.2, 0.25) is 0 Å². The van der Waals surface area contributed by atoms with Crippen LogP contribution >= 0.6 is 0 Å². The Labute approximate surface area is 167 Å². The van der Waals surface area contributed by atoms with E-state index in [-0.39, 0.29) is 25.2 Å². The molecule has 0 bridgehead atoms. The van der Waals surface area contributed by atoms with Gasteiger partial charge in [0.25, 0.3) is 0 Å². The first kappa shape index (κ1) is 22.3. The standard InChI is InChI=1S/C21H17F7O2/c1-2-3-13(22)19(27)10-4-14(23)18(15(24)5-10)12-8-29-21(30-9-12)11-6-16(25)20(28)17(26)7-11/h4-7,12,21H,2-3,8-9H2,1H3/b19-13+. The van der Waals surface area contributed by atoms with Gasteiger partial charge in [0.1, 0.15) is 17.5 Å². The van der Waals surface area contributed by atoms with Crippen LogP contribution < -0.4 is 0 Å². The average molecular weight is 434 g/mol. The predicted molar refractivity (Wildman–Crippen MR) is 94.1 cm³/mol. The highest BCUT2D eigenvalue weighted by Crippen LogP contribution is 2.35. The zero-order valence-corrected chi connectivity index (χ0v) is 15.8. The van der Waals surface area contributed by atoms with E-state index in [9.17, 15) is 30.7 Å². The molecule has 1 aliphatic heterocycles. The lowest BCUT2D eigenvalue weighted by atomic mass is 9.96. The van der Waals surface area contributed by atoms with E-state index >= 15 is 0 Å². The van der Waals surface area contributed by atoms with E-state index in [4.69, 9.17) is 9.47 Å². The first-order valence-corrected chi connectivity index (χ1v) is 9.14. The van der Waals surface area contributed by atoms with Crippen molar-refractivity contribution in [1.29, 1.82) is 0 Å². The molecule has 2 aromatic rings. The average Bonchev–Trinajstić information content (AvgIpc) is 2.71. The Morgan fingerprint density at radius 2 is 1.40 bits per heavy atom. The quantitative estimate of drug-likeness (QED) is 0.389. The molecule has 3 rings (SSSR count). The third-order valence-electron chi connectivity index (χ3n) is 4.62. The lowest BCUT2D eigenvalue weighted by molar-refractivity contribution is -0.192. The van der Waals surface area contributed by atoms with Crippen LogP contribution in [0.4, 0.5) is 30.7 Å². The Kier molecular flexibility index (Phi) is 6.82. The summed E-state index contributed by atoms with van der Waals surface area (Å²) < 4.78 is 107. The van der Waals surface area contributed by atoms with Crippen LogP contribution in [-0.2, 0) is 9.47 Å². The van der Waals surface area contributed by atoms with Crippen molar-refractivity contribution in [2.45, 2.75) is 32.0 Å². The highest BCUT2D eigenvalue weighted by Gasteiger charge is 2.30. The van der Waals surface area contributed by atoms with Gasteiger partial charge in [0.05, 0.1) is 13.2 Å². The largest absolute Gasteiger partial charge is 0.348 e. The maximum absolute atomic E-state index is 14.5. The Morgan fingerprint density at radius 1 is 0.867 bits per heavy atom. The summed E-state index contributed by atoms with van der Waals surface area (Å²) in [6.07, 6.45) is -1.14. The predicted octanol–water partition coefficient (Wildman–Crippen LogP) is 6.62. The summed E-state index contributed by atoms with van der Waals surface area (Å²) in [5.41, 5.74) is -1.15. The lowest BCUT2D eigenvalue weighted by Crippen LogP contribution is -2.27. The summed E-state index contributed by atoms with van der Waals surface area (Å²) in [5.74, 6) is -10.1. The molecule has 1 heterocycles. The minimum atomic E-state index is -1.65. The molecule has 1 saturated heterocycles. The van der Waals surface area contributed by atoms with Gasteiger partial charge in [0, 0.05) is 29.0 Å². The molecule has 0 radical (unpaired) electrons. The van der Waals surface area contributed by atoms with E-state index in [1.54, 1.807) is 6.92 Å². The van der Waals surface area contributed by atoms with Crippen molar-refractivity contribution in [2.75, 3.05) is 13.2 Å². The van der Waals surface area contributed by atoms with E-state index in [1.807, 2.05) is 0 Å². The second-order valence-corrected chi connectivity index (χ2v) is 6.82. The zero-order valence-electron chi connectivity index (χ0n) is 15.8. The number of hydrogen-bond acceptors (Lipinski definition) is 2. The smallest absolute Gasteiger partial charge is 0.194 e. The topological polar surface area (TPSA) is 18.5 Å². The van der Waals surface area contributed by atoms with Crippen molar-refractivity contribution < 1.29 is 40.2 Å². The van der Waals surface area contributed by atoms with Crippen LogP contribution in [0.5, 0.6) is 0 Å². The molecule has 0 aromatic heterocycles. The maximum atomic E-state index is 14.5. The third-order valence-corrected chi connectivity index (χ3v) is 4.62. The van der Waals surface area contributed by atoms with Crippen molar-refractivity contribution in [2.24, 2.45) is 0 Å². The highest BCUT2D eigenvalue weighted by molar-refractivity contribution is 5.61. The molecule has 2 aromatic carbocycles. The summed E-state index contributed by atoms with van der Waals surface area (Å²) in [5, 5.41) is 0. The van der Waals surface area contributed by atoms with Gasteiger partial charge in [-0.05, 0) is 30.7 Å². The summed E-state index contributed by atoms with van der Waals surface area (Å²) in [6, 6.07) is 2.75. The second kappa shape index (κ2) is 9.18. The number of hydrogen-bond donors (Lipinski definition) is 0. The summed E-state index contributed by atoms with van der Waals surface area (Å²) in [7, 11) is 0. The van der Waals surface area contributed by atoms with Crippen LogP contribution in [-0.4, -0.2) is 13.2 Å². The van der Waals surface area contributed by atoms with Crippen molar-refractivity contribution >= 4 is 5.83 Å². The van der Waals surface area contributed by atoms with Gasteiger partial charge in [-0.25, -0.2) is 30.7 Å². The lowest BCUT2D eigenvalue weighted by Gasteiger charge is -2.30. The molecule has 30 heavy (non-hydrogen) atoms. The molecule has 162 valence electrons. The molecule has 0 atom stereocenters. The van der Waals surface area contributed by atoms with Crippen LogP contribution in [0.3, 0.4) is 0 Å². The Morgan fingerprint density at radius 3 is 1.90 bits per heavy atom. The molecule has 0 unspecified atom stereocenters. The van der Waals surface area contributed by atoms with Crippen molar-refractivity contribution in [3.63, 3.8) is 0 Å². The second-order valence-electron chi connectivity index (χ2n) is 6.82. The molecule has 1 aliphatic rings. The van der Waals surface area contributed by atoms with Crippen LogP contribution in [0, 0.1) is 29.1 Å². The summed E-state index contributed by atoms with van der Waals surface area (Å²) >= 11 is 0. The molecular formula is C21H17F7O2. The molecular weight excluding hydrogens is 417 g/mol. The normalized spacial score (nSPS) is 20.3. The molecule has 0 saturated carbocycles. The third kappa shape index (κ3) is 4.52. The number of benzene rings is 2. The van der Waals surface area contributed by atoms with Crippen LogP contribution in [0.25, 0.3) is 5.83 Å². The molecule has 0 aliphatic carbocycles. The van der Waals surface area contributed by atoms with Gasteiger partial charge in [-0.2, -0.15) is 0 Å². The zero-order chi connectivity index (χ0) is 22.0. The Bertz CT molecular complexity index is 920. The number of halogens is 7. The fourth-order valence-corrected chi connectivity index (χ4v) is 3.16. The van der Waals surface area contributed by atoms with Crippen LogP contribution in [0.15, 0.2) is 30.1 Å². The first-order valence-electron chi connectivity index (χ1n) is 9.14. The Hall–Kier alpha value is -2.39. The molecule has 2 nitrogen and oxygen atoms in total. The maximum Gasteiger partial charge on any atom is 0.194 e. The fraction of sp³-hybridized carbons (Fsp3) is 0.333. The molecule has 1 fully saturated rings. The SMILES string of the molecule is CCC/C(F)=C(\F)c1cc(F)c(C2COC(c3cc(F)c(F)c(F)c3)OC2)c(F)c1. The minimum Gasteiger partial charge on any atom is -0.348 e. The monoisotopic (exact) mass is 434 g/mol. The van der Waals surface area contributed by atoms with Crippen LogP contribution in [0.2, 0.25) is 0 Å². The van der Waals surface area contributed by atoms with Gasteiger partial charge < -0.3 is 9.47 Å². The number of ether oxygens (including phenoxy) is 2. The van der Waals surface area contributed by atoms with E-state index in [1.165, 1.54) is 0 Å². The summed E-state index contributed by atoms with van der Waals surface area (Å²) in [4.78, 5) is 0. The summed E-state index contributed by atoms with van der Waals surface area (Å²) in [6.45, 7) is 1.05. The van der Waals surface area contributed by atoms with Crippen molar-refractivity contribution in [3.05, 3.63) is 75.9 Å². The fourth-order valence-electron chi connectivity index (χ4n) is 3.16. The van der Waals surface area contributed by atoms with Gasteiger partial charge in [0.15, 0.2) is 29.6 Å². The van der Waals surface area contributed by atoms with E-state index < -0.39 is 64.1 Å². The van der Waals surface area contributed by atoms with Gasteiger partial charge in [-0.1, -0.05) is 6.92 Å². The van der Waals surface area contributed by atoms with Crippen LogP contribution in [0.1, 0.15) is 48.7 Å².